The molecule has 0 unspecified atom stereocenters. The molecular formula is C22H27N7O. The number of nitrogens with zero attached hydrogens (tertiary/aromatic N) is 6. The highest BCUT2D eigenvalue weighted by molar-refractivity contribution is 5.93. The van der Waals surface area contributed by atoms with E-state index in [1.165, 1.54) is 0 Å². The highest BCUT2D eigenvalue weighted by atomic mass is 16.5. The molecule has 1 N–H and O–H groups in total. The molecule has 4 aromatic heterocycles. The van der Waals surface area contributed by atoms with E-state index in [9.17, 15) is 0 Å². The molecule has 8 nitrogen and oxygen atoms in total. The van der Waals surface area contributed by atoms with Crippen LogP contribution in [-0.4, -0.2) is 36.1 Å². The molecule has 0 spiro atoms. The number of pyridine rings is 2. The first-order valence-corrected chi connectivity index (χ1v) is 10.2. The fraction of sp³-hybridized carbons (Fsp3) is 0.364. The zero-order valence-electron chi connectivity index (χ0n) is 18.0. The summed E-state index contributed by atoms with van der Waals surface area (Å²) in [5, 5.41) is 12.8. The van der Waals surface area contributed by atoms with Crippen LogP contribution in [0.3, 0.4) is 0 Å². The van der Waals surface area contributed by atoms with E-state index in [-0.39, 0.29) is 6.04 Å². The van der Waals surface area contributed by atoms with Crippen molar-refractivity contribution >= 4 is 16.7 Å². The Labute approximate surface area is 175 Å². The minimum atomic E-state index is 0.210. The lowest BCUT2D eigenvalue weighted by molar-refractivity contribution is 0.328. The van der Waals surface area contributed by atoms with Crippen LogP contribution in [0.1, 0.15) is 38.2 Å². The highest BCUT2D eigenvalue weighted by Crippen LogP contribution is 2.34. The van der Waals surface area contributed by atoms with Crippen LogP contribution in [0.2, 0.25) is 0 Å². The van der Waals surface area contributed by atoms with Crippen molar-refractivity contribution in [3.63, 3.8) is 0 Å². The quantitative estimate of drug-likeness (QED) is 0.498. The van der Waals surface area contributed by atoms with E-state index in [1.54, 1.807) is 10.9 Å². The number of fused-ring (bicyclic) bond motifs is 1. The number of nitrogens with one attached hydrogen (secondary N) is 1. The van der Waals surface area contributed by atoms with Gasteiger partial charge in [-0.2, -0.15) is 10.2 Å². The van der Waals surface area contributed by atoms with Crippen LogP contribution >= 0.6 is 0 Å². The number of aryl methyl sites for hydroxylation is 2. The average molecular weight is 406 g/mol. The Bertz CT molecular complexity index is 1180. The van der Waals surface area contributed by atoms with E-state index in [0.29, 0.717) is 19.0 Å². The summed E-state index contributed by atoms with van der Waals surface area (Å²) in [6, 6.07) is 8.14. The number of ether oxygens (including phenoxy) is 1. The molecule has 0 saturated heterocycles. The molecule has 4 aromatic rings. The molecule has 0 aromatic carbocycles. The molecular weight excluding hydrogens is 378 g/mol. The van der Waals surface area contributed by atoms with Gasteiger partial charge in [0.15, 0.2) is 0 Å². The minimum Gasteiger partial charge on any atom is -0.477 e. The van der Waals surface area contributed by atoms with Crippen LogP contribution in [0.25, 0.3) is 22.3 Å². The van der Waals surface area contributed by atoms with Crippen molar-refractivity contribution in [2.75, 3.05) is 11.9 Å². The van der Waals surface area contributed by atoms with Crippen LogP contribution in [0.5, 0.6) is 5.88 Å². The van der Waals surface area contributed by atoms with Crippen molar-refractivity contribution in [1.29, 1.82) is 0 Å². The van der Waals surface area contributed by atoms with Crippen LogP contribution in [-0.2, 0) is 13.6 Å². The van der Waals surface area contributed by atoms with Crippen LogP contribution in [0.4, 0.5) is 5.69 Å². The van der Waals surface area contributed by atoms with E-state index in [0.717, 1.165) is 39.4 Å². The largest absolute Gasteiger partial charge is 0.477 e. The van der Waals surface area contributed by atoms with Crippen molar-refractivity contribution < 1.29 is 4.74 Å². The van der Waals surface area contributed by atoms with Gasteiger partial charge >= 0.3 is 0 Å². The fourth-order valence-electron chi connectivity index (χ4n) is 3.51. The maximum atomic E-state index is 5.74. The summed E-state index contributed by atoms with van der Waals surface area (Å²) in [6.07, 6.45) is 3.67. The fourth-order valence-corrected chi connectivity index (χ4v) is 3.51. The molecule has 0 amide bonds. The smallest absolute Gasteiger partial charge is 0.222 e. The third kappa shape index (κ3) is 3.72. The molecule has 4 rings (SSSR count). The molecule has 0 saturated carbocycles. The van der Waals surface area contributed by atoms with Crippen molar-refractivity contribution in [2.24, 2.45) is 7.05 Å². The van der Waals surface area contributed by atoms with Gasteiger partial charge in [-0.3, -0.25) is 9.36 Å². The number of hydrogen-bond donors (Lipinski definition) is 1. The van der Waals surface area contributed by atoms with E-state index in [2.05, 4.69) is 29.2 Å². The van der Waals surface area contributed by atoms with Gasteiger partial charge in [-0.1, -0.05) is 0 Å². The van der Waals surface area contributed by atoms with E-state index >= 15 is 0 Å². The Balaban J connectivity index is 1.86. The molecule has 30 heavy (non-hydrogen) atoms. The van der Waals surface area contributed by atoms with Gasteiger partial charge in [0.2, 0.25) is 5.88 Å². The lowest BCUT2D eigenvalue weighted by atomic mass is 10.1. The molecule has 156 valence electrons. The minimum absolute atomic E-state index is 0.210. The molecule has 0 aliphatic rings. The zero-order valence-corrected chi connectivity index (χ0v) is 18.0. The summed E-state index contributed by atoms with van der Waals surface area (Å²) in [7, 11) is 1.92. The summed E-state index contributed by atoms with van der Waals surface area (Å²) >= 11 is 0. The maximum Gasteiger partial charge on any atom is 0.222 e. The Kier molecular flexibility index (Phi) is 5.39. The van der Waals surface area contributed by atoms with Gasteiger partial charge in [-0.25, -0.2) is 9.97 Å². The lowest BCUT2D eigenvalue weighted by Crippen LogP contribution is -2.08. The predicted molar refractivity (Wildman–Crippen MR) is 118 cm³/mol. The van der Waals surface area contributed by atoms with E-state index < -0.39 is 0 Å². The third-order valence-electron chi connectivity index (χ3n) is 4.87. The first-order valence-electron chi connectivity index (χ1n) is 10.2. The second-order valence-corrected chi connectivity index (χ2v) is 7.50. The standard InChI is InChI=1S/C22H27N7O/c1-6-30-22-17(8-7-10-23-22)18-12-19(24-13-16-9-11-28(5)27-16)21-20(25-18)15(4)26-29(21)14(2)3/h7-12,14H,6,13H2,1-5H3,(H,24,25). The van der Waals surface area contributed by atoms with Crippen LogP contribution in [0.15, 0.2) is 36.7 Å². The van der Waals surface area contributed by atoms with Crippen molar-refractivity contribution in [1.82, 2.24) is 29.5 Å². The number of hydrogen-bond acceptors (Lipinski definition) is 6. The summed E-state index contributed by atoms with van der Waals surface area (Å²) < 4.78 is 9.57. The first kappa shape index (κ1) is 19.9. The highest BCUT2D eigenvalue weighted by Gasteiger charge is 2.19. The summed E-state index contributed by atoms with van der Waals surface area (Å²) in [6.45, 7) is 9.33. The molecule has 0 bridgehead atoms. The summed E-state index contributed by atoms with van der Waals surface area (Å²) in [5.74, 6) is 0.580. The van der Waals surface area contributed by atoms with Gasteiger partial charge in [0.25, 0.3) is 0 Å². The molecule has 0 radical (unpaired) electrons. The molecule has 0 aliphatic carbocycles. The zero-order chi connectivity index (χ0) is 21.3. The van der Waals surface area contributed by atoms with Crippen LogP contribution in [0, 0.1) is 6.92 Å². The van der Waals surface area contributed by atoms with Crippen molar-refractivity contribution in [2.45, 2.75) is 40.3 Å². The van der Waals surface area contributed by atoms with Gasteiger partial charge in [-0.15, -0.1) is 0 Å². The Morgan fingerprint density at radius 3 is 2.73 bits per heavy atom. The normalized spacial score (nSPS) is 11.4. The Hall–Kier alpha value is -3.42. The van der Waals surface area contributed by atoms with Gasteiger partial charge in [0.05, 0.1) is 41.5 Å². The molecule has 0 aliphatic heterocycles. The lowest BCUT2D eigenvalue weighted by Gasteiger charge is -2.14. The maximum absolute atomic E-state index is 5.74. The Morgan fingerprint density at radius 1 is 1.20 bits per heavy atom. The van der Waals surface area contributed by atoms with E-state index in [4.69, 9.17) is 14.8 Å². The van der Waals surface area contributed by atoms with Gasteiger partial charge in [0.1, 0.15) is 11.0 Å². The topological polar surface area (TPSA) is 82.7 Å². The number of aromatic nitrogens is 6. The monoisotopic (exact) mass is 405 g/mol. The second-order valence-electron chi connectivity index (χ2n) is 7.50. The molecule has 4 heterocycles. The van der Waals surface area contributed by atoms with Crippen molar-refractivity contribution in [3.8, 4) is 17.1 Å². The number of anilines is 1. The third-order valence-corrected chi connectivity index (χ3v) is 4.87. The van der Waals surface area contributed by atoms with Gasteiger partial charge in [-0.05, 0) is 52.0 Å². The average Bonchev–Trinajstić information content (AvgIpc) is 3.30. The predicted octanol–water partition coefficient (Wildman–Crippen LogP) is 4.13. The van der Waals surface area contributed by atoms with Crippen molar-refractivity contribution in [3.05, 3.63) is 48.0 Å². The van der Waals surface area contributed by atoms with Crippen LogP contribution < -0.4 is 10.1 Å². The van der Waals surface area contributed by atoms with Gasteiger partial charge < -0.3 is 10.1 Å². The SMILES string of the molecule is CCOc1ncccc1-c1cc(NCc2ccn(C)n2)c2c(n1)c(C)nn2C(C)C. The van der Waals surface area contributed by atoms with Gasteiger partial charge in [0, 0.05) is 25.5 Å². The second kappa shape index (κ2) is 8.14. The molecule has 0 atom stereocenters. The first-order chi connectivity index (χ1) is 14.5. The molecule has 8 heteroatoms. The summed E-state index contributed by atoms with van der Waals surface area (Å²) in [5.41, 5.74) is 6.34. The summed E-state index contributed by atoms with van der Waals surface area (Å²) in [4.78, 5) is 9.34. The number of rotatable bonds is 7. The Morgan fingerprint density at radius 2 is 2.03 bits per heavy atom. The molecule has 0 fully saturated rings. The van der Waals surface area contributed by atoms with E-state index in [1.807, 2.05) is 56.0 Å².